The van der Waals surface area contributed by atoms with Gasteiger partial charge in [-0.15, -0.1) is 0 Å². The first-order valence-electron chi connectivity index (χ1n) is 9.92. The highest BCUT2D eigenvalue weighted by atomic mass is 35.5. The summed E-state index contributed by atoms with van der Waals surface area (Å²) in [5.41, 5.74) is 1.40. The van der Waals surface area contributed by atoms with Crippen LogP contribution in [0.1, 0.15) is 31.2 Å². The zero-order valence-electron chi connectivity index (χ0n) is 16.2. The summed E-state index contributed by atoms with van der Waals surface area (Å²) in [5, 5.41) is 3.13. The van der Waals surface area contributed by atoms with Gasteiger partial charge in [0.05, 0.1) is 18.3 Å². The van der Waals surface area contributed by atoms with E-state index in [1.807, 2.05) is 6.92 Å². The Kier molecular flexibility index (Phi) is 5.34. The molecular weight excluding hydrogens is 396 g/mol. The number of likely N-dealkylation sites (tertiary alicyclic amines) is 1. The van der Waals surface area contributed by atoms with Crippen LogP contribution in [0.3, 0.4) is 0 Å². The summed E-state index contributed by atoms with van der Waals surface area (Å²) in [5.74, 6) is -1.15. The van der Waals surface area contributed by atoms with Crippen molar-refractivity contribution in [1.29, 1.82) is 0 Å². The number of nitrogens with zero attached hydrogens (tertiary/aromatic N) is 1. The van der Waals surface area contributed by atoms with Gasteiger partial charge in [-0.05, 0) is 55.7 Å². The van der Waals surface area contributed by atoms with Gasteiger partial charge in [-0.3, -0.25) is 24.1 Å². The first kappa shape index (κ1) is 19.9. The smallest absolute Gasteiger partial charge is 0.308 e. The number of esters is 1. The van der Waals surface area contributed by atoms with E-state index < -0.39 is 18.5 Å². The van der Waals surface area contributed by atoms with Crippen molar-refractivity contribution < 1.29 is 23.9 Å². The van der Waals surface area contributed by atoms with Crippen LogP contribution in [0.25, 0.3) is 0 Å². The van der Waals surface area contributed by atoms with Crippen LogP contribution >= 0.6 is 11.6 Å². The maximum absolute atomic E-state index is 12.6. The monoisotopic (exact) mass is 418 g/mol. The summed E-state index contributed by atoms with van der Waals surface area (Å²) in [6, 6.07) is 5.09. The number of rotatable bonds is 6. The summed E-state index contributed by atoms with van der Waals surface area (Å²) in [4.78, 5) is 50.3. The lowest BCUT2D eigenvalue weighted by atomic mass is 9.81. The largest absolute Gasteiger partial charge is 0.456 e. The average Bonchev–Trinajstić information content (AvgIpc) is 3.36. The third-order valence-electron chi connectivity index (χ3n) is 6.38. The topological polar surface area (TPSA) is 92.8 Å². The lowest BCUT2D eigenvalue weighted by molar-refractivity contribution is -0.149. The Balaban J connectivity index is 1.23. The third-order valence-corrected chi connectivity index (χ3v) is 6.79. The summed E-state index contributed by atoms with van der Waals surface area (Å²) in [6.45, 7) is 1.42. The standard InChI is InChI=1S/C21H23ClN2O5/c1-11-2-5-14(9-15(11)22)23-16(25)10-29-17(26)6-7-24-20(27)18-12-3-4-13(8-12)19(18)21(24)28/h2,5,9,12-13,18-19H,3-4,6-8,10H2,1H3,(H,23,25)/t12-,13-,18+,19+/m1/s1. The number of carbonyl (C=O) groups is 4. The molecule has 4 rings (SSSR count). The molecule has 154 valence electrons. The molecule has 0 spiro atoms. The van der Waals surface area contributed by atoms with Crippen LogP contribution in [0.2, 0.25) is 5.02 Å². The van der Waals surface area contributed by atoms with Gasteiger partial charge in [0.15, 0.2) is 6.61 Å². The molecule has 4 atom stereocenters. The number of carbonyl (C=O) groups excluding carboxylic acids is 4. The molecule has 1 heterocycles. The van der Waals surface area contributed by atoms with E-state index in [-0.39, 0.29) is 36.6 Å². The number of aryl methyl sites for hydroxylation is 1. The second-order valence-corrected chi connectivity index (χ2v) is 8.54. The minimum atomic E-state index is -0.622. The number of fused-ring (bicyclic) bond motifs is 5. The van der Waals surface area contributed by atoms with Crippen molar-refractivity contribution in [3.8, 4) is 0 Å². The highest BCUT2D eigenvalue weighted by molar-refractivity contribution is 6.31. The van der Waals surface area contributed by atoms with Gasteiger partial charge < -0.3 is 10.1 Å². The van der Waals surface area contributed by atoms with Crippen molar-refractivity contribution in [3.05, 3.63) is 28.8 Å². The van der Waals surface area contributed by atoms with Crippen LogP contribution in [-0.2, 0) is 23.9 Å². The molecular formula is C21H23ClN2O5. The number of hydrogen-bond donors (Lipinski definition) is 1. The van der Waals surface area contributed by atoms with Crippen molar-refractivity contribution in [2.45, 2.75) is 32.6 Å². The second kappa shape index (κ2) is 7.78. The molecule has 1 aliphatic heterocycles. The van der Waals surface area contributed by atoms with Crippen molar-refractivity contribution in [1.82, 2.24) is 4.90 Å². The quantitative estimate of drug-likeness (QED) is 0.566. The molecule has 1 saturated heterocycles. The van der Waals surface area contributed by atoms with Crippen molar-refractivity contribution in [2.24, 2.45) is 23.7 Å². The van der Waals surface area contributed by atoms with Gasteiger partial charge in [-0.1, -0.05) is 17.7 Å². The predicted molar refractivity (Wildman–Crippen MR) is 105 cm³/mol. The number of benzene rings is 1. The zero-order valence-corrected chi connectivity index (χ0v) is 16.9. The van der Waals surface area contributed by atoms with Crippen molar-refractivity contribution in [3.63, 3.8) is 0 Å². The molecule has 3 aliphatic rings. The number of nitrogens with one attached hydrogen (secondary N) is 1. The highest BCUT2D eigenvalue weighted by Gasteiger charge is 2.60. The van der Waals surface area contributed by atoms with Gasteiger partial charge >= 0.3 is 5.97 Å². The molecule has 0 aromatic heterocycles. The molecule has 2 aliphatic carbocycles. The molecule has 3 amide bonds. The third kappa shape index (κ3) is 3.75. The van der Waals surface area contributed by atoms with Crippen LogP contribution in [0.15, 0.2) is 18.2 Å². The first-order chi connectivity index (χ1) is 13.8. The molecule has 1 aromatic rings. The van der Waals surface area contributed by atoms with Crippen molar-refractivity contribution >= 4 is 41.0 Å². The molecule has 8 heteroatoms. The van der Waals surface area contributed by atoms with Gasteiger partial charge in [0.2, 0.25) is 11.8 Å². The number of ether oxygens (including phenoxy) is 1. The molecule has 0 unspecified atom stereocenters. The molecule has 0 radical (unpaired) electrons. The Morgan fingerprint density at radius 3 is 2.45 bits per heavy atom. The lowest BCUT2D eigenvalue weighted by Gasteiger charge is -2.19. The van der Waals surface area contributed by atoms with Crippen LogP contribution in [0.5, 0.6) is 0 Å². The predicted octanol–water partition coefficient (Wildman–Crippen LogP) is 2.55. The fraction of sp³-hybridized carbons (Fsp3) is 0.524. The number of halogens is 1. The van der Waals surface area contributed by atoms with E-state index in [4.69, 9.17) is 16.3 Å². The van der Waals surface area contributed by atoms with E-state index in [0.29, 0.717) is 22.5 Å². The highest BCUT2D eigenvalue weighted by Crippen LogP contribution is 2.56. The lowest BCUT2D eigenvalue weighted by Crippen LogP contribution is -2.35. The van der Waals surface area contributed by atoms with Crippen LogP contribution in [-0.4, -0.2) is 41.7 Å². The Morgan fingerprint density at radius 2 is 1.83 bits per heavy atom. The van der Waals surface area contributed by atoms with Gasteiger partial charge in [-0.2, -0.15) is 0 Å². The normalized spacial score (nSPS) is 27.3. The molecule has 1 N–H and O–H groups in total. The summed E-state index contributed by atoms with van der Waals surface area (Å²) in [6.07, 6.45) is 2.89. The van der Waals surface area contributed by atoms with E-state index >= 15 is 0 Å². The van der Waals surface area contributed by atoms with Gasteiger partial charge in [0.1, 0.15) is 0 Å². The minimum Gasteiger partial charge on any atom is -0.456 e. The maximum atomic E-state index is 12.6. The number of amides is 3. The number of hydrogen-bond acceptors (Lipinski definition) is 5. The fourth-order valence-corrected chi connectivity index (χ4v) is 5.16. The molecule has 7 nitrogen and oxygen atoms in total. The van der Waals surface area contributed by atoms with E-state index in [1.165, 1.54) is 4.90 Å². The molecule has 29 heavy (non-hydrogen) atoms. The molecule has 1 aromatic carbocycles. The summed E-state index contributed by atoms with van der Waals surface area (Å²) >= 11 is 6.01. The SMILES string of the molecule is Cc1ccc(NC(=O)COC(=O)CCN2C(=O)[C@H]3[C@@H]4CC[C@H](C4)[C@@H]3C2=O)cc1Cl. The Labute approximate surface area is 173 Å². The Morgan fingerprint density at radius 1 is 1.17 bits per heavy atom. The second-order valence-electron chi connectivity index (χ2n) is 8.14. The molecule has 2 bridgehead atoms. The minimum absolute atomic E-state index is 0.0120. The Hall–Kier alpha value is -2.41. The van der Waals surface area contributed by atoms with Crippen LogP contribution in [0, 0.1) is 30.6 Å². The zero-order chi connectivity index (χ0) is 20.7. The number of anilines is 1. The van der Waals surface area contributed by atoms with Gasteiger partial charge in [-0.25, -0.2) is 0 Å². The first-order valence-corrected chi connectivity index (χ1v) is 10.3. The van der Waals surface area contributed by atoms with E-state index in [0.717, 1.165) is 24.8 Å². The van der Waals surface area contributed by atoms with Gasteiger partial charge in [0, 0.05) is 17.3 Å². The summed E-state index contributed by atoms with van der Waals surface area (Å²) < 4.78 is 4.98. The molecule has 3 fully saturated rings. The van der Waals surface area contributed by atoms with E-state index in [9.17, 15) is 19.2 Å². The van der Waals surface area contributed by atoms with Crippen LogP contribution < -0.4 is 5.32 Å². The fourth-order valence-electron chi connectivity index (χ4n) is 4.98. The van der Waals surface area contributed by atoms with Crippen LogP contribution in [0.4, 0.5) is 5.69 Å². The number of imide groups is 1. The van der Waals surface area contributed by atoms with Crippen molar-refractivity contribution in [2.75, 3.05) is 18.5 Å². The van der Waals surface area contributed by atoms with E-state index in [1.54, 1.807) is 18.2 Å². The van der Waals surface area contributed by atoms with E-state index in [2.05, 4.69) is 5.32 Å². The molecule has 2 saturated carbocycles. The average molecular weight is 419 g/mol. The summed E-state index contributed by atoms with van der Waals surface area (Å²) in [7, 11) is 0. The Bertz CT molecular complexity index is 858. The maximum Gasteiger partial charge on any atom is 0.308 e. The van der Waals surface area contributed by atoms with Gasteiger partial charge in [0.25, 0.3) is 5.91 Å².